The maximum atomic E-state index is 12.5. The minimum absolute atomic E-state index is 0.0236. The van der Waals surface area contributed by atoms with Gasteiger partial charge in [0.1, 0.15) is 0 Å². The van der Waals surface area contributed by atoms with Crippen LogP contribution in [0.5, 0.6) is 11.5 Å². The Morgan fingerprint density at radius 3 is 2.37 bits per heavy atom. The number of carbonyl (C=O) groups is 1. The lowest BCUT2D eigenvalue weighted by atomic mass is 10.0. The molecule has 7 nitrogen and oxygen atoms in total. The highest BCUT2D eigenvalue weighted by Gasteiger charge is 2.51. The quantitative estimate of drug-likeness (QED) is 0.400. The highest BCUT2D eigenvalue weighted by molar-refractivity contribution is 7.80. The van der Waals surface area contributed by atoms with Gasteiger partial charge in [-0.25, -0.2) is 0 Å². The lowest BCUT2D eigenvalue weighted by Crippen LogP contribution is -2.51. The summed E-state index contributed by atoms with van der Waals surface area (Å²) in [5.41, 5.74) is 2.10. The van der Waals surface area contributed by atoms with Crippen LogP contribution in [0.3, 0.4) is 0 Å². The van der Waals surface area contributed by atoms with Gasteiger partial charge in [0.15, 0.2) is 22.2 Å². The number of aliphatic hydroxyl groups is 1. The highest BCUT2D eigenvalue weighted by atomic mass is 32.1. The Balaban J connectivity index is 2.39. The van der Waals surface area contributed by atoms with E-state index in [0.29, 0.717) is 31.4 Å². The lowest BCUT2D eigenvalue weighted by Gasteiger charge is -2.25. The van der Waals surface area contributed by atoms with E-state index in [1.807, 2.05) is 11.5 Å². The van der Waals surface area contributed by atoms with Crippen LogP contribution in [-0.4, -0.2) is 48.7 Å². The number of hydrazine groups is 1. The van der Waals surface area contributed by atoms with E-state index < -0.39 is 24.1 Å². The van der Waals surface area contributed by atoms with Gasteiger partial charge in [-0.3, -0.25) is 15.6 Å². The van der Waals surface area contributed by atoms with Gasteiger partial charge in [0, 0.05) is 6.54 Å². The molecular weight excluding hydrogens is 387 g/mol. The smallest absolute Gasteiger partial charge is 0.417 e. The van der Waals surface area contributed by atoms with Crippen molar-refractivity contribution in [3.05, 3.63) is 23.8 Å². The van der Waals surface area contributed by atoms with E-state index in [-0.39, 0.29) is 5.11 Å². The molecule has 4 N–H and O–H groups in total. The molecule has 1 amide bonds. The largest absolute Gasteiger partial charge is 0.493 e. The fourth-order valence-electron chi connectivity index (χ4n) is 1.98. The summed E-state index contributed by atoms with van der Waals surface area (Å²) in [5, 5.41) is 12.1. The summed E-state index contributed by atoms with van der Waals surface area (Å²) in [7, 11) is 3.06. The average molecular weight is 409 g/mol. The van der Waals surface area contributed by atoms with E-state index in [1.165, 1.54) is 14.2 Å². The molecule has 27 heavy (non-hydrogen) atoms. The van der Waals surface area contributed by atoms with E-state index in [0.717, 1.165) is 5.56 Å². The third-order valence-corrected chi connectivity index (χ3v) is 3.82. The lowest BCUT2D eigenvalue weighted by molar-refractivity contribution is -0.253. The molecule has 0 aliphatic rings. The van der Waals surface area contributed by atoms with Gasteiger partial charge in [-0.15, -0.1) is 0 Å². The van der Waals surface area contributed by atoms with Crippen LogP contribution in [-0.2, 0) is 11.2 Å². The van der Waals surface area contributed by atoms with Gasteiger partial charge in [0.2, 0.25) is 5.91 Å². The summed E-state index contributed by atoms with van der Waals surface area (Å²) in [6, 6.07) is 5.41. The van der Waals surface area contributed by atoms with Gasteiger partial charge in [0.25, 0.3) is 0 Å². The van der Waals surface area contributed by atoms with Crippen molar-refractivity contribution < 1.29 is 32.5 Å². The summed E-state index contributed by atoms with van der Waals surface area (Å²) < 4.78 is 47.9. The first kappa shape index (κ1) is 22.8. The molecule has 0 aliphatic heterocycles. The molecular formula is C16H22F3N3O4S. The molecule has 1 aromatic rings. The molecule has 152 valence electrons. The van der Waals surface area contributed by atoms with Crippen LogP contribution in [0.4, 0.5) is 13.2 Å². The monoisotopic (exact) mass is 409 g/mol. The number of methoxy groups -OCH3 is 2. The van der Waals surface area contributed by atoms with Crippen molar-refractivity contribution in [3.8, 4) is 11.5 Å². The zero-order chi connectivity index (χ0) is 20.7. The first-order chi connectivity index (χ1) is 12.5. The van der Waals surface area contributed by atoms with Crippen LogP contribution in [0.15, 0.2) is 18.2 Å². The Bertz CT molecular complexity index is 669. The van der Waals surface area contributed by atoms with Crippen LogP contribution in [0.2, 0.25) is 0 Å². The molecule has 1 aromatic carbocycles. The van der Waals surface area contributed by atoms with E-state index >= 15 is 0 Å². The Kier molecular flexibility index (Phi) is 8.10. The van der Waals surface area contributed by atoms with Crippen LogP contribution >= 0.6 is 12.2 Å². The van der Waals surface area contributed by atoms with Crippen molar-refractivity contribution in [2.75, 3.05) is 20.8 Å². The zero-order valence-corrected chi connectivity index (χ0v) is 15.9. The van der Waals surface area contributed by atoms with E-state index in [2.05, 4.69) is 10.7 Å². The minimum atomic E-state index is -4.91. The number of ether oxygens (including phenoxy) is 2. The van der Waals surface area contributed by atoms with Crippen LogP contribution in [0, 0.1) is 0 Å². The summed E-state index contributed by atoms with van der Waals surface area (Å²) in [4.78, 5) is 11.5. The van der Waals surface area contributed by atoms with Gasteiger partial charge < -0.3 is 19.9 Å². The van der Waals surface area contributed by atoms with Crippen LogP contribution in [0.1, 0.15) is 18.9 Å². The van der Waals surface area contributed by atoms with Crippen molar-refractivity contribution in [1.82, 2.24) is 16.2 Å². The number of hydrogen-bond acceptors (Lipinski definition) is 5. The third-order valence-electron chi connectivity index (χ3n) is 3.58. The molecule has 0 spiro atoms. The van der Waals surface area contributed by atoms with Gasteiger partial charge in [-0.2, -0.15) is 13.2 Å². The van der Waals surface area contributed by atoms with Crippen molar-refractivity contribution in [2.24, 2.45) is 0 Å². The molecule has 0 unspecified atom stereocenters. The summed E-state index contributed by atoms with van der Waals surface area (Å²) in [6.07, 6.45) is -5.50. The number of benzene rings is 1. The van der Waals surface area contributed by atoms with Gasteiger partial charge in [-0.05, 0) is 43.3 Å². The SMILES string of the molecule is COc1ccc(CCNC(=S)NNC(=O)C[C@](C)(O)C(F)(F)F)cc1OC. The Morgan fingerprint density at radius 2 is 1.81 bits per heavy atom. The molecule has 0 aliphatic carbocycles. The van der Waals surface area contributed by atoms with Crippen molar-refractivity contribution in [3.63, 3.8) is 0 Å². The number of amides is 1. The number of nitrogens with one attached hydrogen (secondary N) is 3. The van der Waals surface area contributed by atoms with Gasteiger partial charge in [0.05, 0.1) is 20.6 Å². The highest BCUT2D eigenvalue weighted by Crippen LogP contribution is 2.32. The molecule has 0 heterocycles. The molecule has 1 rings (SSSR count). The number of thiocarbonyl (C=S) groups is 1. The fraction of sp³-hybridized carbons (Fsp3) is 0.500. The van der Waals surface area contributed by atoms with Crippen molar-refractivity contribution in [1.29, 1.82) is 0 Å². The summed E-state index contributed by atoms with van der Waals surface area (Å²) >= 11 is 4.92. The molecule has 0 aromatic heterocycles. The molecule has 11 heteroatoms. The fourth-order valence-corrected chi connectivity index (χ4v) is 2.14. The Hall–Kier alpha value is -2.27. The van der Waals surface area contributed by atoms with Crippen molar-refractivity contribution in [2.45, 2.75) is 31.5 Å². The number of hydrogen-bond donors (Lipinski definition) is 4. The van der Waals surface area contributed by atoms with E-state index in [9.17, 15) is 23.1 Å². The Morgan fingerprint density at radius 1 is 1.19 bits per heavy atom. The molecule has 0 saturated heterocycles. The summed E-state index contributed by atoms with van der Waals surface area (Å²) in [6.45, 7) is 0.920. The van der Waals surface area contributed by atoms with Gasteiger partial charge in [-0.1, -0.05) is 6.07 Å². The maximum Gasteiger partial charge on any atom is 0.417 e. The topological polar surface area (TPSA) is 91.9 Å². The first-order valence-electron chi connectivity index (χ1n) is 7.83. The second-order valence-corrected chi connectivity index (χ2v) is 6.23. The zero-order valence-electron chi connectivity index (χ0n) is 15.1. The number of alkyl halides is 3. The second-order valence-electron chi connectivity index (χ2n) is 5.82. The van der Waals surface area contributed by atoms with Crippen molar-refractivity contribution >= 4 is 23.2 Å². The van der Waals surface area contributed by atoms with Crippen LogP contribution in [0.25, 0.3) is 0 Å². The number of carbonyl (C=O) groups excluding carboxylic acids is 1. The normalized spacial score (nSPS) is 13.3. The van der Waals surface area contributed by atoms with Crippen LogP contribution < -0.4 is 25.6 Å². The second kappa shape index (κ2) is 9.60. The molecule has 1 atom stereocenters. The minimum Gasteiger partial charge on any atom is -0.493 e. The van der Waals surface area contributed by atoms with E-state index in [4.69, 9.17) is 21.7 Å². The molecule has 0 saturated carbocycles. The average Bonchev–Trinajstić information content (AvgIpc) is 2.58. The summed E-state index contributed by atoms with van der Waals surface area (Å²) in [5.74, 6) is 0.130. The standard InChI is InChI=1S/C16H22F3N3O4S/c1-15(24,16(17,18)19)9-13(23)21-22-14(27)20-7-6-10-4-5-11(25-2)12(8-10)26-3/h4-5,8,24H,6-7,9H2,1-3H3,(H,21,23)(H2,20,22,27)/t15-/m0/s1. The first-order valence-corrected chi connectivity index (χ1v) is 8.23. The van der Waals surface area contributed by atoms with E-state index in [1.54, 1.807) is 12.1 Å². The predicted molar refractivity (Wildman–Crippen MR) is 96.4 cm³/mol. The predicted octanol–water partition coefficient (Wildman–Crippen LogP) is 1.44. The number of halogens is 3. The maximum absolute atomic E-state index is 12.5. The third kappa shape index (κ3) is 7.10. The molecule has 0 bridgehead atoms. The molecule has 0 radical (unpaired) electrons. The molecule has 0 fully saturated rings. The van der Waals surface area contributed by atoms with Gasteiger partial charge >= 0.3 is 6.18 Å². The Labute approximate surface area is 160 Å². The number of rotatable bonds is 7.